The van der Waals surface area contributed by atoms with Crippen LogP contribution in [0.3, 0.4) is 0 Å². The molecule has 1 aromatic rings. The highest BCUT2D eigenvalue weighted by atomic mass is 16.4. The van der Waals surface area contributed by atoms with E-state index in [1.165, 1.54) is 18.5 Å². The molecule has 0 aromatic heterocycles. The van der Waals surface area contributed by atoms with Crippen molar-refractivity contribution in [1.82, 2.24) is 4.90 Å². The van der Waals surface area contributed by atoms with Crippen molar-refractivity contribution in [2.24, 2.45) is 16.3 Å². The van der Waals surface area contributed by atoms with Crippen LogP contribution in [-0.4, -0.2) is 28.5 Å². The summed E-state index contributed by atoms with van der Waals surface area (Å²) in [5, 5.41) is 11.6. The van der Waals surface area contributed by atoms with Crippen LogP contribution < -0.4 is 5.73 Å². The zero-order chi connectivity index (χ0) is 14.0. The minimum atomic E-state index is 0.156. The van der Waals surface area contributed by atoms with Gasteiger partial charge in [0.15, 0.2) is 5.84 Å². The van der Waals surface area contributed by atoms with Crippen LogP contribution in [0, 0.1) is 5.41 Å². The molecule has 4 nitrogen and oxygen atoms in total. The summed E-state index contributed by atoms with van der Waals surface area (Å²) in [5.41, 5.74) is 7.91. The molecule has 4 heteroatoms. The molecule has 1 unspecified atom stereocenters. The van der Waals surface area contributed by atoms with Gasteiger partial charge < -0.3 is 10.9 Å². The van der Waals surface area contributed by atoms with Crippen molar-refractivity contribution < 1.29 is 5.21 Å². The van der Waals surface area contributed by atoms with E-state index in [1.54, 1.807) is 0 Å². The quantitative estimate of drug-likeness (QED) is 0.380. The summed E-state index contributed by atoms with van der Waals surface area (Å²) in [7, 11) is 0. The van der Waals surface area contributed by atoms with Crippen molar-refractivity contribution in [2.45, 2.75) is 39.8 Å². The second kappa shape index (κ2) is 5.21. The first-order chi connectivity index (χ1) is 8.91. The lowest BCUT2D eigenvalue weighted by molar-refractivity contribution is 0.00475. The predicted molar refractivity (Wildman–Crippen MR) is 77.2 cm³/mol. The Bertz CT molecular complexity index is 459. The molecule has 1 aliphatic heterocycles. The molecule has 0 amide bonds. The number of oxime groups is 1. The monoisotopic (exact) mass is 261 g/mol. The van der Waals surface area contributed by atoms with E-state index in [9.17, 15) is 0 Å². The zero-order valence-corrected chi connectivity index (χ0v) is 11.9. The molecule has 0 bridgehead atoms. The second-order valence-electron chi connectivity index (χ2n) is 6.32. The Kier molecular flexibility index (Phi) is 3.80. The Balaban J connectivity index is 2.01. The van der Waals surface area contributed by atoms with Crippen LogP contribution in [0.1, 0.15) is 38.3 Å². The Hall–Kier alpha value is -1.55. The van der Waals surface area contributed by atoms with Gasteiger partial charge >= 0.3 is 0 Å². The number of likely N-dealkylation sites (tertiary alicyclic amines) is 1. The molecule has 0 saturated carbocycles. The molecule has 0 radical (unpaired) electrons. The molecule has 1 fully saturated rings. The number of benzene rings is 1. The van der Waals surface area contributed by atoms with Crippen molar-refractivity contribution in [2.75, 3.05) is 6.54 Å². The first-order valence-corrected chi connectivity index (χ1v) is 6.72. The van der Waals surface area contributed by atoms with E-state index >= 15 is 0 Å². The van der Waals surface area contributed by atoms with Gasteiger partial charge in [-0.05, 0) is 17.4 Å². The second-order valence-corrected chi connectivity index (χ2v) is 6.32. The third-order valence-electron chi connectivity index (χ3n) is 3.87. The summed E-state index contributed by atoms with van der Waals surface area (Å²) in [6.45, 7) is 9.03. The number of nitrogens with zero attached hydrogens (tertiary/aromatic N) is 2. The summed E-state index contributed by atoms with van der Waals surface area (Å²) in [6.07, 6.45) is 1.28. The van der Waals surface area contributed by atoms with Gasteiger partial charge in [-0.25, -0.2) is 0 Å². The summed E-state index contributed by atoms with van der Waals surface area (Å²) in [6, 6.07) is 8.56. The maximum absolute atomic E-state index is 8.63. The van der Waals surface area contributed by atoms with Crippen LogP contribution in [0.2, 0.25) is 0 Å². The van der Waals surface area contributed by atoms with Gasteiger partial charge in [-0.2, -0.15) is 0 Å². The SMILES string of the molecule is CC(C)(C)C1CCN1Cc1ccc(/C(N)=N/O)cc1. The molecular formula is C15H23N3O. The Morgan fingerprint density at radius 2 is 2.00 bits per heavy atom. The van der Waals surface area contributed by atoms with Gasteiger partial charge in [-0.3, -0.25) is 4.90 Å². The number of rotatable bonds is 3. The van der Waals surface area contributed by atoms with Gasteiger partial charge in [-0.15, -0.1) is 0 Å². The Labute approximate surface area is 114 Å². The van der Waals surface area contributed by atoms with Crippen molar-refractivity contribution in [3.8, 4) is 0 Å². The van der Waals surface area contributed by atoms with Crippen LogP contribution >= 0.6 is 0 Å². The van der Waals surface area contributed by atoms with Crippen molar-refractivity contribution >= 4 is 5.84 Å². The van der Waals surface area contributed by atoms with Gasteiger partial charge in [-0.1, -0.05) is 50.2 Å². The highest BCUT2D eigenvalue weighted by Crippen LogP contribution is 2.34. The van der Waals surface area contributed by atoms with E-state index in [-0.39, 0.29) is 5.84 Å². The minimum Gasteiger partial charge on any atom is -0.409 e. The number of nitrogens with two attached hydrogens (primary N) is 1. The molecule has 1 aromatic carbocycles. The summed E-state index contributed by atoms with van der Waals surface area (Å²) in [5.74, 6) is 0.156. The van der Waals surface area contributed by atoms with Gasteiger partial charge in [0.05, 0.1) is 0 Å². The average molecular weight is 261 g/mol. The van der Waals surface area contributed by atoms with Gasteiger partial charge in [0, 0.05) is 24.7 Å². The standard InChI is InChI=1S/C15H23N3O/c1-15(2,3)13-8-9-18(13)10-11-4-6-12(7-5-11)14(16)17-19/h4-7,13,19H,8-10H2,1-3H3,(H2,16,17). The van der Waals surface area contributed by atoms with E-state index in [4.69, 9.17) is 10.9 Å². The molecule has 1 aliphatic rings. The number of amidine groups is 1. The molecule has 0 aliphatic carbocycles. The first kappa shape index (κ1) is 13.9. The van der Waals surface area contributed by atoms with E-state index in [0.29, 0.717) is 11.5 Å². The lowest BCUT2D eigenvalue weighted by Gasteiger charge is -2.48. The molecule has 0 spiro atoms. The van der Waals surface area contributed by atoms with Crippen LogP contribution in [-0.2, 0) is 6.54 Å². The lowest BCUT2D eigenvalue weighted by Crippen LogP contribution is -2.53. The van der Waals surface area contributed by atoms with E-state index in [1.807, 2.05) is 24.3 Å². The normalized spacial score (nSPS) is 21.2. The fourth-order valence-corrected chi connectivity index (χ4v) is 2.68. The number of hydrogen-bond acceptors (Lipinski definition) is 3. The summed E-state index contributed by atoms with van der Waals surface area (Å²) in [4.78, 5) is 2.51. The van der Waals surface area contributed by atoms with Gasteiger partial charge in [0.1, 0.15) is 0 Å². The highest BCUT2D eigenvalue weighted by Gasteiger charge is 2.36. The third kappa shape index (κ3) is 3.07. The summed E-state index contributed by atoms with van der Waals surface area (Å²) < 4.78 is 0. The van der Waals surface area contributed by atoms with Gasteiger partial charge in [0.25, 0.3) is 0 Å². The molecule has 1 heterocycles. The maximum atomic E-state index is 8.63. The fraction of sp³-hybridized carbons (Fsp3) is 0.533. The van der Waals surface area contributed by atoms with Crippen molar-refractivity contribution in [3.63, 3.8) is 0 Å². The molecule has 2 rings (SSSR count). The van der Waals surface area contributed by atoms with E-state index in [0.717, 1.165) is 12.1 Å². The molecule has 1 atom stereocenters. The van der Waals surface area contributed by atoms with E-state index in [2.05, 4.69) is 30.8 Å². The Morgan fingerprint density at radius 1 is 1.37 bits per heavy atom. The first-order valence-electron chi connectivity index (χ1n) is 6.72. The lowest BCUT2D eigenvalue weighted by atomic mass is 9.79. The molecule has 3 N–H and O–H groups in total. The molecule has 19 heavy (non-hydrogen) atoms. The van der Waals surface area contributed by atoms with Crippen LogP contribution in [0.25, 0.3) is 0 Å². The highest BCUT2D eigenvalue weighted by molar-refractivity contribution is 5.96. The van der Waals surface area contributed by atoms with Crippen LogP contribution in [0.5, 0.6) is 0 Å². The number of hydrogen-bond donors (Lipinski definition) is 2. The summed E-state index contributed by atoms with van der Waals surface area (Å²) >= 11 is 0. The minimum absolute atomic E-state index is 0.156. The largest absolute Gasteiger partial charge is 0.409 e. The van der Waals surface area contributed by atoms with E-state index < -0.39 is 0 Å². The van der Waals surface area contributed by atoms with Crippen LogP contribution in [0.15, 0.2) is 29.4 Å². The van der Waals surface area contributed by atoms with Crippen molar-refractivity contribution in [3.05, 3.63) is 35.4 Å². The average Bonchev–Trinajstić information content (AvgIpc) is 2.32. The Morgan fingerprint density at radius 3 is 2.42 bits per heavy atom. The zero-order valence-electron chi connectivity index (χ0n) is 11.9. The fourth-order valence-electron chi connectivity index (χ4n) is 2.68. The topological polar surface area (TPSA) is 61.8 Å². The molecule has 1 saturated heterocycles. The maximum Gasteiger partial charge on any atom is 0.170 e. The van der Waals surface area contributed by atoms with Crippen molar-refractivity contribution in [1.29, 1.82) is 0 Å². The predicted octanol–water partition coefficient (Wildman–Crippen LogP) is 2.40. The third-order valence-corrected chi connectivity index (χ3v) is 3.87. The van der Waals surface area contributed by atoms with Gasteiger partial charge in [0.2, 0.25) is 0 Å². The smallest absolute Gasteiger partial charge is 0.170 e. The van der Waals surface area contributed by atoms with Crippen LogP contribution in [0.4, 0.5) is 0 Å². The molecule has 104 valence electrons. The molecular weight excluding hydrogens is 238 g/mol.